The number of aliphatic carboxylic acids is 1. The molecular weight excluding hydrogens is 584 g/mol. The van der Waals surface area contributed by atoms with E-state index in [2.05, 4.69) is 10.2 Å². The Morgan fingerprint density at radius 3 is 2.37 bits per heavy atom. The van der Waals surface area contributed by atoms with Crippen molar-refractivity contribution in [3.05, 3.63) is 99.2 Å². The molecule has 0 fully saturated rings. The molecule has 4 aromatic rings. The summed E-state index contributed by atoms with van der Waals surface area (Å²) in [6, 6.07) is 15.5. The first-order valence-electron chi connectivity index (χ1n) is 12.2. The lowest BCUT2D eigenvalue weighted by molar-refractivity contribution is -0.139. The van der Waals surface area contributed by atoms with Crippen LogP contribution < -0.4 is 9.47 Å². The van der Waals surface area contributed by atoms with Crippen LogP contribution >= 0.6 is 23.2 Å². The number of hydrogen-bond acceptors (Lipinski definition) is 6. The van der Waals surface area contributed by atoms with Crippen LogP contribution in [-0.2, 0) is 17.4 Å². The number of aromatic nitrogens is 2. The molecule has 0 bridgehead atoms. The summed E-state index contributed by atoms with van der Waals surface area (Å²) in [5.41, 5.74) is 0.923. The zero-order valence-electron chi connectivity index (χ0n) is 20.9. The van der Waals surface area contributed by atoms with Crippen molar-refractivity contribution in [1.82, 2.24) is 10.2 Å². The summed E-state index contributed by atoms with van der Waals surface area (Å²) in [4.78, 5) is 24.3. The fourth-order valence-corrected chi connectivity index (χ4v) is 4.81. The van der Waals surface area contributed by atoms with Gasteiger partial charge in [0.25, 0.3) is 0 Å². The van der Waals surface area contributed by atoms with Gasteiger partial charge in [0.1, 0.15) is 17.2 Å². The summed E-state index contributed by atoms with van der Waals surface area (Å²) in [5.74, 6) is -0.844. The lowest BCUT2D eigenvalue weighted by Crippen LogP contribution is -2.20. The third-order valence-electron chi connectivity index (χ3n) is 6.44. The van der Waals surface area contributed by atoms with Crippen molar-refractivity contribution in [2.75, 3.05) is 6.61 Å². The van der Waals surface area contributed by atoms with Crippen molar-refractivity contribution < 1.29 is 37.3 Å². The number of fused-ring (bicyclic) bond motifs is 1. The molecule has 1 aliphatic rings. The van der Waals surface area contributed by atoms with Crippen LogP contribution in [0, 0.1) is 0 Å². The van der Waals surface area contributed by atoms with E-state index in [-0.39, 0.29) is 45.9 Å². The second kappa shape index (κ2) is 11.4. The SMILES string of the molecule is O=C(Cc1ccc(-c2ccc(C(F)(F)F)cc2Cl)nn1)c1ccc(Oc2cc3c(cc2Cl)C(C(=O)O)CCO3)cc1. The quantitative estimate of drug-likeness (QED) is 0.217. The fourth-order valence-electron chi connectivity index (χ4n) is 4.32. The van der Waals surface area contributed by atoms with Gasteiger partial charge >= 0.3 is 12.1 Å². The largest absolute Gasteiger partial charge is 0.493 e. The zero-order valence-corrected chi connectivity index (χ0v) is 22.4. The Labute approximate surface area is 241 Å². The maximum Gasteiger partial charge on any atom is 0.416 e. The van der Waals surface area contributed by atoms with Crippen LogP contribution in [-0.4, -0.2) is 33.7 Å². The molecule has 3 aromatic carbocycles. The number of ketones is 1. The van der Waals surface area contributed by atoms with Crippen LogP contribution in [0.5, 0.6) is 17.2 Å². The maximum atomic E-state index is 12.9. The first-order chi connectivity index (χ1) is 19.5. The van der Waals surface area contributed by atoms with E-state index in [0.717, 1.165) is 12.1 Å². The smallest absolute Gasteiger partial charge is 0.416 e. The van der Waals surface area contributed by atoms with E-state index in [4.69, 9.17) is 32.7 Å². The summed E-state index contributed by atoms with van der Waals surface area (Å²) < 4.78 is 50.1. The Morgan fingerprint density at radius 1 is 0.976 bits per heavy atom. The standard InChI is InChI=1S/C29H19Cl2F3N2O5/c30-22-11-16(29(32,33)34)3-7-20(22)24-8-4-17(35-36-24)12-25(37)15-1-5-18(6-2-15)41-27-14-26-21(13-23(27)31)19(28(38)39)9-10-40-26/h1-8,11,13-14,19H,9-10,12H2,(H,38,39). The first kappa shape index (κ1) is 28.4. The van der Waals surface area contributed by atoms with Gasteiger partial charge in [-0.2, -0.15) is 23.4 Å². The van der Waals surface area contributed by atoms with Gasteiger partial charge < -0.3 is 14.6 Å². The molecule has 210 valence electrons. The minimum Gasteiger partial charge on any atom is -0.493 e. The Kier molecular flexibility index (Phi) is 7.88. The predicted octanol–water partition coefficient (Wildman–Crippen LogP) is 7.64. The number of benzene rings is 3. The summed E-state index contributed by atoms with van der Waals surface area (Å²) >= 11 is 12.4. The molecule has 0 radical (unpaired) electrons. The number of carboxylic acids is 1. The second-order valence-electron chi connectivity index (χ2n) is 9.18. The highest BCUT2D eigenvalue weighted by Crippen LogP contribution is 2.42. The molecule has 2 heterocycles. The summed E-state index contributed by atoms with van der Waals surface area (Å²) in [5, 5.41) is 17.6. The highest BCUT2D eigenvalue weighted by Gasteiger charge is 2.31. The molecule has 1 N–H and O–H groups in total. The highest BCUT2D eigenvalue weighted by molar-refractivity contribution is 6.33. The fraction of sp³-hybridized carbons (Fsp3) is 0.172. The van der Waals surface area contributed by atoms with Crippen molar-refractivity contribution in [3.8, 4) is 28.5 Å². The van der Waals surface area contributed by atoms with Crippen molar-refractivity contribution in [1.29, 1.82) is 0 Å². The molecular formula is C29H19Cl2F3N2O5. The number of carbonyl (C=O) groups is 2. The van der Waals surface area contributed by atoms with Gasteiger partial charge in [-0.15, -0.1) is 0 Å². The molecule has 0 spiro atoms. The number of alkyl halides is 3. The van der Waals surface area contributed by atoms with Crippen molar-refractivity contribution in [3.63, 3.8) is 0 Å². The number of carbonyl (C=O) groups excluding carboxylic acids is 1. The topological polar surface area (TPSA) is 98.6 Å². The molecule has 7 nitrogen and oxygen atoms in total. The molecule has 0 saturated carbocycles. The minimum absolute atomic E-state index is 0.0625. The van der Waals surface area contributed by atoms with E-state index < -0.39 is 23.6 Å². The predicted molar refractivity (Wildman–Crippen MR) is 144 cm³/mol. The molecule has 1 aromatic heterocycles. The number of Topliss-reactive ketones (excluding diaryl/α,β-unsaturated/α-hetero) is 1. The van der Waals surface area contributed by atoms with Crippen LogP contribution in [0.2, 0.25) is 10.0 Å². The zero-order chi connectivity index (χ0) is 29.3. The number of rotatable bonds is 7. The van der Waals surface area contributed by atoms with E-state index in [1.54, 1.807) is 36.4 Å². The number of nitrogens with zero attached hydrogens (tertiary/aromatic N) is 2. The number of hydrogen-bond donors (Lipinski definition) is 1. The molecule has 5 rings (SSSR count). The molecule has 0 amide bonds. The average Bonchev–Trinajstić information content (AvgIpc) is 2.93. The van der Waals surface area contributed by atoms with E-state index in [9.17, 15) is 27.9 Å². The van der Waals surface area contributed by atoms with Gasteiger partial charge in [0.05, 0.1) is 45.9 Å². The van der Waals surface area contributed by atoms with Crippen molar-refractivity contribution in [2.45, 2.75) is 24.9 Å². The van der Waals surface area contributed by atoms with Crippen LogP contribution in [0.15, 0.2) is 66.7 Å². The van der Waals surface area contributed by atoms with E-state index in [1.165, 1.54) is 18.2 Å². The van der Waals surface area contributed by atoms with Gasteiger partial charge in [-0.05, 0) is 61.0 Å². The van der Waals surface area contributed by atoms with Gasteiger partial charge in [0.2, 0.25) is 0 Å². The molecule has 1 atom stereocenters. The molecule has 0 aliphatic carbocycles. The van der Waals surface area contributed by atoms with Crippen LogP contribution in [0.4, 0.5) is 13.2 Å². The molecule has 1 unspecified atom stereocenters. The van der Waals surface area contributed by atoms with E-state index in [0.29, 0.717) is 34.7 Å². The molecule has 1 aliphatic heterocycles. The Bertz CT molecular complexity index is 1630. The van der Waals surface area contributed by atoms with E-state index >= 15 is 0 Å². The molecule has 12 heteroatoms. The minimum atomic E-state index is -4.51. The maximum absolute atomic E-state index is 12.9. The lowest BCUT2D eigenvalue weighted by atomic mass is 9.93. The first-order valence-corrected chi connectivity index (χ1v) is 12.9. The third kappa shape index (κ3) is 6.28. The summed E-state index contributed by atoms with van der Waals surface area (Å²) in [6.45, 7) is 0.262. The lowest BCUT2D eigenvalue weighted by Gasteiger charge is -2.24. The number of halogens is 5. The Hall–Kier alpha value is -4.15. The van der Waals surface area contributed by atoms with Gasteiger partial charge in [-0.25, -0.2) is 0 Å². The second-order valence-corrected chi connectivity index (χ2v) is 9.99. The van der Waals surface area contributed by atoms with Crippen LogP contribution in [0.25, 0.3) is 11.3 Å². The number of ether oxygens (including phenoxy) is 2. The van der Waals surface area contributed by atoms with Gasteiger partial charge in [0, 0.05) is 22.8 Å². The van der Waals surface area contributed by atoms with E-state index in [1.807, 2.05) is 0 Å². The van der Waals surface area contributed by atoms with Crippen molar-refractivity contribution >= 4 is 35.0 Å². The summed E-state index contributed by atoms with van der Waals surface area (Å²) in [7, 11) is 0. The third-order valence-corrected chi connectivity index (χ3v) is 7.05. The van der Waals surface area contributed by atoms with Gasteiger partial charge in [0.15, 0.2) is 5.78 Å². The summed E-state index contributed by atoms with van der Waals surface area (Å²) in [6.07, 6.45) is -4.23. The molecule has 41 heavy (non-hydrogen) atoms. The van der Waals surface area contributed by atoms with Crippen molar-refractivity contribution in [2.24, 2.45) is 0 Å². The number of carboxylic acid groups (broad SMARTS) is 1. The van der Waals surface area contributed by atoms with Crippen LogP contribution in [0.3, 0.4) is 0 Å². The average molecular weight is 603 g/mol. The Morgan fingerprint density at radius 2 is 1.73 bits per heavy atom. The van der Waals surface area contributed by atoms with Gasteiger partial charge in [-0.3, -0.25) is 9.59 Å². The van der Waals surface area contributed by atoms with Gasteiger partial charge in [-0.1, -0.05) is 29.3 Å². The van der Waals surface area contributed by atoms with Crippen LogP contribution in [0.1, 0.15) is 39.5 Å². The Balaban J connectivity index is 1.24. The molecule has 0 saturated heterocycles. The highest BCUT2D eigenvalue weighted by atomic mass is 35.5. The monoisotopic (exact) mass is 602 g/mol. The normalized spacial score (nSPS) is 14.6.